The van der Waals surface area contributed by atoms with Gasteiger partial charge in [0, 0.05) is 56.7 Å². The van der Waals surface area contributed by atoms with Gasteiger partial charge in [-0.25, -0.2) is 0 Å². The van der Waals surface area contributed by atoms with Gasteiger partial charge in [-0.3, -0.25) is 9.69 Å². The molecule has 3 rings (SSSR count). The summed E-state index contributed by atoms with van der Waals surface area (Å²) < 4.78 is 5.89. The smallest absolute Gasteiger partial charge is 0.236 e. The molecular formula is C25H35ClN4O2. The number of carbonyl (C=O) groups is 1. The van der Waals surface area contributed by atoms with Crippen molar-refractivity contribution in [3.63, 3.8) is 0 Å². The minimum atomic E-state index is 0.186. The average Bonchev–Trinajstić information content (AvgIpc) is 2.79. The number of rotatable bonds is 11. The zero-order chi connectivity index (χ0) is 22.8. The quantitative estimate of drug-likeness (QED) is 0.507. The molecule has 0 spiro atoms. The molecule has 32 heavy (non-hydrogen) atoms. The molecule has 0 aromatic heterocycles. The van der Waals surface area contributed by atoms with Crippen LogP contribution in [0.15, 0.2) is 48.5 Å². The molecule has 6 nitrogen and oxygen atoms in total. The summed E-state index contributed by atoms with van der Waals surface area (Å²) in [5.41, 5.74) is 2.03. The lowest BCUT2D eigenvalue weighted by atomic mass is 10.2. The van der Waals surface area contributed by atoms with Crippen molar-refractivity contribution in [2.24, 2.45) is 0 Å². The zero-order valence-electron chi connectivity index (χ0n) is 19.2. The molecule has 1 aliphatic rings. The Balaban J connectivity index is 1.24. The number of carbonyl (C=O) groups excluding carboxylic acids is 1. The van der Waals surface area contributed by atoms with E-state index >= 15 is 0 Å². The van der Waals surface area contributed by atoms with Crippen LogP contribution in [0.25, 0.3) is 0 Å². The molecule has 1 heterocycles. The van der Waals surface area contributed by atoms with Crippen molar-refractivity contribution in [2.75, 3.05) is 65.3 Å². The number of benzene rings is 2. The summed E-state index contributed by atoms with van der Waals surface area (Å²) in [6.45, 7) is 6.46. The number of nitrogens with zero attached hydrogens (tertiary/aromatic N) is 3. The van der Waals surface area contributed by atoms with E-state index in [0.29, 0.717) is 6.54 Å². The largest absolute Gasteiger partial charge is 0.494 e. The molecule has 2 aromatic rings. The van der Waals surface area contributed by atoms with Crippen molar-refractivity contribution in [2.45, 2.75) is 19.3 Å². The molecule has 1 amide bonds. The maximum Gasteiger partial charge on any atom is 0.236 e. The summed E-state index contributed by atoms with van der Waals surface area (Å²) in [4.78, 5) is 18.2. The lowest BCUT2D eigenvalue weighted by molar-refractivity contribution is -0.130. The van der Waals surface area contributed by atoms with Crippen LogP contribution in [-0.4, -0.2) is 80.6 Å². The first-order chi connectivity index (χ1) is 15.5. The van der Waals surface area contributed by atoms with Crippen molar-refractivity contribution in [3.8, 4) is 5.75 Å². The number of amides is 1. The van der Waals surface area contributed by atoms with Gasteiger partial charge in [0.25, 0.3) is 0 Å². The molecule has 7 heteroatoms. The summed E-state index contributed by atoms with van der Waals surface area (Å²) in [7, 11) is 3.63. The van der Waals surface area contributed by atoms with E-state index in [1.54, 1.807) is 4.90 Å². The second kappa shape index (κ2) is 12.7. The lowest BCUT2D eigenvalue weighted by Crippen LogP contribution is -2.49. The van der Waals surface area contributed by atoms with E-state index in [-0.39, 0.29) is 5.91 Å². The number of hydrogen-bond donors (Lipinski definition) is 1. The number of halogens is 1. The molecule has 0 unspecified atom stereocenters. The van der Waals surface area contributed by atoms with Crippen LogP contribution < -0.4 is 10.1 Å². The first-order valence-electron chi connectivity index (χ1n) is 11.4. The first kappa shape index (κ1) is 24.4. The molecule has 1 saturated heterocycles. The fourth-order valence-electron chi connectivity index (χ4n) is 3.64. The maximum absolute atomic E-state index is 11.8. The number of ether oxygens (including phenoxy) is 1. The Morgan fingerprint density at radius 3 is 2.12 bits per heavy atom. The van der Waals surface area contributed by atoms with E-state index in [2.05, 4.69) is 15.1 Å². The molecule has 1 aliphatic heterocycles. The molecule has 0 saturated carbocycles. The standard InChI is InChI=1S/C25H35ClN4O2/c1-28(2)25(31)20-30-17-15-29(16-18-30)14-4-3-5-19-32-24-12-10-23(11-13-24)27-22-8-6-21(26)7-9-22/h6-13,27H,3-5,14-20H2,1-2H3. The van der Waals surface area contributed by atoms with Gasteiger partial charge in [0.05, 0.1) is 13.2 Å². The van der Waals surface area contributed by atoms with Crippen molar-refractivity contribution in [1.82, 2.24) is 14.7 Å². The third kappa shape index (κ3) is 8.34. The van der Waals surface area contributed by atoms with Crippen LogP contribution in [0.2, 0.25) is 5.02 Å². The normalized spacial score (nSPS) is 14.8. The number of anilines is 2. The zero-order valence-corrected chi connectivity index (χ0v) is 20.0. The van der Waals surface area contributed by atoms with Gasteiger partial charge in [0.15, 0.2) is 0 Å². The van der Waals surface area contributed by atoms with Crippen LogP contribution in [0, 0.1) is 0 Å². The average molecular weight is 459 g/mol. The Bertz CT molecular complexity index is 819. The van der Waals surface area contributed by atoms with Crippen molar-refractivity contribution in [3.05, 3.63) is 53.6 Å². The van der Waals surface area contributed by atoms with Crippen molar-refractivity contribution < 1.29 is 9.53 Å². The molecule has 1 N–H and O–H groups in total. The van der Waals surface area contributed by atoms with Gasteiger partial charge >= 0.3 is 0 Å². The van der Waals surface area contributed by atoms with Gasteiger partial charge in [-0.2, -0.15) is 0 Å². The maximum atomic E-state index is 11.8. The number of unbranched alkanes of at least 4 members (excludes halogenated alkanes) is 2. The molecule has 0 radical (unpaired) electrons. The Hall–Kier alpha value is -2.28. The highest BCUT2D eigenvalue weighted by Gasteiger charge is 2.19. The monoisotopic (exact) mass is 458 g/mol. The van der Waals surface area contributed by atoms with Crippen LogP contribution >= 0.6 is 11.6 Å². The van der Waals surface area contributed by atoms with Crippen LogP contribution in [0.3, 0.4) is 0 Å². The molecule has 0 bridgehead atoms. The summed E-state index contributed by atoms with van der Waals surface area (Å²) in [6.07, 6.45) is 3.40. The number of nitrogens with one attached hydrogen (secondary N) is 1. The fourth-order valence-corrected chi connectivity index (χ4v) is 3.77. The third-order valence-corrected chi connectivity index (χ3v) is 5.95. The highest BCUT2D eigenvalue weighted by molar-refractivity contribution is 6.30. The van der Waals surface area contributed by atoms with Gasteiger partial charge in [0.1, 0.15) is 5.75 Å². The van der Waals surface area contributed by atoms with Crippen molar-refractivity contribution >= 4 is 28.9 Å². The summed E-state index contributed by atoms with van der Waals surface area (Å²) >= 11 is 5.92. The Labute approximate surface area is 197 Å². The molecular weight excluding hydrogens is 424 g/mol. The fraction of sp³-hybridized carbons (Fsp3) is 0.480. The minimum Gasteiger partial charge on any atom is -0.494 e. The van der Waals surface area contributed by atoms with Gasteiger partial charge in [0.2, 0.25) is 5.91 Å². The predicted molar refractivity (Wildman–Crippen MR) is 132 cm³/mol. The molecule has 0 atom stereocenters. The van der Waals surface area contributed by atoms with Crippen molar-refractivity contribution in [1.29, 1.82) is 0 Å². The van der Waals surface area contributed by atoms with E-state index in [4.69, 9.17) is 16.3 Å². The first-order valence-corrected chi connectivity index (χ1v) is 11.8. The van der Waals surface area contributed by atoms with E-state index in [9.17, 15) is 4.79 Å². The highest BCUT2D eigenvalue weighted by Crippen LogP contribution is 2.21. The Kier molecular flexibility index (Phi) is 9.65. The summed E-state index contributed by atoms with van der Waals surface area (Å²) in [5.74, 6) is 1.08. The van der Waals surface area contributed by atoms with Crippen LogP contribution in [0.4, 0.5) is 11.4 Å². The van der Waals surface area contributed by atoms with Gasteiger partial charge in [-0.15, -0.1) is 0 Å². The minimum absolute atomic E-state index is 0.186. The van der Waals surface area contributed by atoms with Gasteiger partial charge in [-0.05, 0) is 74.3 Å². The lowest BCUT2D eigenvalue weighted by Gasteiger charge is -2.34. The predicted octanol–water partition coefficient (Wildman–Crippen LogP) is 4.34. The van der Waals surface area contributed by atoms with E-state index in [0.717, 1.165) is 74.3 Å². The number of hydrogen-bond acceptors (Lipinski definition) is 5. The number of likely N-dealkylation sites (N-methyl/N-ethyl adjacent to an activating group) is 1. The summed E-state index contributed by atoms with van der Waals surface area (Å²) in [5, 5.41) is 4.08. The van der Waals surface area contributed by atoms with E-state index < -0.39 is 0 Å². The topological polar surface area (TPSA) is 48.1 Å². The molecule has 1 fully saturated rings. The van der Waals surface area contributed by atoms with Gasteiger partial charge < -0.3 is 19.9 Å². The third-order valence-electron chi connectivity index (χ3n) is 5.70. The SMILES string of the molecule is CN(C)C(=O)CN1CCN(CCCCCOc2ccc(Nc3ccc(Cl)cc3)cc2)CC1. The second-order valence-electron chi connectivity index (χ2n) is 8.47. The molecule has 0 aliphatic carbocycles. The van der Waals surface area contributed by atoms with Gasteiger partial charge in [-0.1, -0.05) is 11.6 Å². The van der Waals surface area contributed by atoms with E-state index in [1.165, 1.54) is 6.42 Å². The van der Waals surface area contributed by atoms with E-state index in [1.807, 2.05) is 62.6 Å². The van der Waals surface area contributed by atoms with Crippen LogP contribution in [0.5, 0.6) is 5.75 Å². The second-order valence-corrected chi connectivity index (χ2v) is 8.91. The Morgan fingerprint density at radius 2 is 1.50 bits per heavy atom. The highest BCUT2D eigenvalue weighted by atomic mass is 35.5. The summed E-state index contributed by atoms with van der Waals surface area (Å²) in [6, 6.07) is 15.7. The molecule has 2 aromatic carbocycles. The Morgan fingerprint density at radius 1 is 0.906 bits per heavy atom. The van der Waals surface area contributed by atoms with Crippen LogP contribution in [0.1, 0.15) is 19.3 Å². The molecule has 174 valence electrons. The number of piperazine rings is 1. The van der Waals surface area contributed by atoms with Crippen LogP contribution in [-0.2, 0) is 4.79 Å².